The van der Waals surface area contributed by atoms with Gasteiger partial charge in [0.1, 0.15) is 0 Å². The van der Waals surface area contributed by atoms with Crippen LogP contribution in [-0.2, 0) is 14.3 Å². The predicted octanol–water partition coefficient (Wildman–Crippen LogP) is 1.32. The zero-order valence-electron chi connectivity index (χ0n) is 13.1. The van der Waals surface area contributed by atoms with Crippen LogP contribution in [-0.4, -0.2) is 48.1 Å². The van der Waals surface area contributed by atoms with Gasteiger partial charge in [0.15, 0.2) is 0 Å². The summed E-state index contributed by atoms with van der Waals surface area (Å²) in [6.07, 6.45) is 2.20. The molecule has 1 heterocycles. The zero-order chi connectivity index (χ0) is 15.1. The Bertz CT molecular complexity index is 408. The van der Waals surface area contributed by atoms with Gasteiger partial charge in [-0.15, -0.1) is 0 Å². The molecule has 2 rings (SSSR count). The van der Waals surface area contributed by atoms with Crippen LogP contribution in [0.15, 0.2) is 0 Å². The Hall–Kier alpha value is -0.940. The van der Waals surface area contributed by atoms with Crippen LogP contribution in [0.1, 0.15) is 47.0 Å². The second-order valence-electron chi connectivity index (χ2n) is 6.62. The first-order valence-electron chi connectivity index (χ1n) is 7.47. The number of carbonyl (C=O) groups is 2. The maximum absolute atomic E-state index is 12.4. The molecule has 2 fully saturated rings. The van der Waals surface area contributed by atoms with E-state index in [2.05, 4.69) is 19.2 Å². The van der Waals surface area contributed by atoms with Crippen molar-refractivity contribution in [2.75, 3.05) is 7.11 Å². The lowest BCUT2D eigenvalue weighted by molar-refractivity contribution is -0.142. The summed E-state index contributed by atoms with van der Waals surface area (Å²) in [6.45, 7) is 8.18. The number of nitrogens with one attached hydrogen (secondary N) is 1. The molecular formula is C15H26N2O3. The molecule has 0 aromatic heterocycles. The Morgan fingerprint density at radius 2 is 2.10 bits per heavy atom. The first kappa shape index (κ1) is 15.4. The molecule has 1 aliphatic heterocycles. The van der Waals surface area contributed by atoms with Crippen molar-refractivity contribution >= 4 is 11.8 Å². The lowest BCUT2D eigenvalue weighted by Crippen LogP contribution is -2.63. The SMILES string of the molecule is CCC(C)N1C(=O)CC(NC2CC(OC)C2(C)C)C1=O. The highest BCUT2D eigenvalue weighted by Crippen LogP contribution is 2.43. The molecule has 5 nitrogen and oxygen atoms in total. The third-order valence-corrected chi connectivity index (χ3v) is 5.08. The highest BCUT2D eigenvalue weighted by atomic mass is 16.5. The van der Waals surface area contributed by atoms with Gasteiger partial charge in [-0.3, -0.25) is 14.5 Å². The van der Waals surface area contributed by atoms with Crippen LogP contribution in [0.25, 0.3) is 0 Å². The predicted molar refractivity (Wildman–Crippen MR) is 76.1 cm³/mol. The average molecular weight is 282 g/mol. The number of nitrogens with zero attached hydrogens (tertiary/aromatic N) is 1. The molecule has 1 saturated carbocycles. The summed E-state index contributed by atoms with van der Waals surface area (Å²) in [5, 5.41) is 3.37. The molecule has 114 valence electrons. The van der Waals surface area contributed by atoms with E-state index in [1.165, 1.54) is 4.90 Å². The molecular weight excluding hydrogens is 256 g/mol. The number of hydrogen-bond donors (Lipinski definition) is 1. The van der Waals surface area contributed by atoms with Gasteiger partial charge < -0.3 is 10.1 Å². The van der Waals surface area contributed by atoms with E-state index < -0.39 is 0 Å². The summed E-state index contributed by atoms with van der Waals surface area (Å²) in [6, 6.07) is -0.146. The molecule has 5 heteroatoms. The van der Waals surface area contributed by atoms with Gasteiger partial charge >= 0.3 is 0 Å². The fourth-order valence-electron chi connectivity index (χ4n) is 3.24. The third-order valence-electron chi connectivity index (χ3n) is 5.08. The Morgan fingerprint density at radius 3 is 2.60 bits per heavy atom. The minimum Gasteiger partial charge on any atom is -0.381 e. The van der Waals surface area contributed by atoms with E-state index in [0.29, 0.717) is 0 Å². The van der Waals surface area contributed by atoms with Crippen LogP contribution in [0, 0.1) is 5.41 Å². The Labute approximate surface area is 121 Å². The van der Waals surface area contributed by atoms with Crippen LogP contribution < -0.4 is 5.32 Å². The molecule has 2 aliphatic rings. The summed E-state index contributed by atoms with van der Waals surface area (Å²) in [7, 11) is 1.72. The minimum atomic E-state index is -0.362. The van der Waals surface area contributed by atoms with E-state index in [4.69, 9.17) is 4.74 Å². The Morgan fingerprint density at radius 1 is 1.45 bits per heavy atom. The smallest absolute Gasteiger partial charge is 0.247 e. The van der Waals surface area contributed by atoms with Crippen LogP contribution in [0.3, 0.4) is 0 Å². The van der Waals surface area contributed by atoms with Crippen molar-refractivity contribution < 1.29 is 14.3 Å². The molecule has 4 atom stereocenters. The maximum atomic E-state index is 12.4. The first-order valence-corrected chi connectivity index (χ1v) is 7.47. The number of imide groups is 1. The summed E-state index contributed by atoms with van der Waals surface area (Å²) >= 11 is 0. The fraction of sp³-hybridized carbons (Fsp3) is 0.867. The number of ether oxygens (including phenoxy) is 1. The van der Waals surface area contributed by atoms with Gasteiger partial charge in [0, 0.05) is 24.6 Å². The normalized spacial score (nSPS) is 34.2. The lowest BCUT2D eigenvalue weighted by atomic mass is 9.64. The summed E-state index contributed by atoms with van der Waals surface area (Å²) in [4.78, 5) is 25.8. The number of amides is 2. The largest absolute Gasteiger partial charge is 0.381 e. The van der Waals surface area contributed by atoms with Gasteiger partial charge in [0.05, 0.1) is 18.6 Å². The second kappa shape index (κ2) is 5.45. The molecule has 2 amide bonds. The molecule has 0 aromatic carbocycles. The average Bonchev–Trinajstić information content (AvgIpc) is 2.68. The summed E-state index contributed by atoms with van der Waals surface area (Å²) in [5.41, 5.74) is 0.00186. The van der Waals surface area contributed by atoms with E-state index in [0.717, 1.165) is 12.8 Å². The molecule has 1 N–H and O–H groups in total. The minimum absolute atomic E-state index is 0.00186. The van der Waals surface area contributed by atoms with Crippen molar-refractivity contribution in [3.05, 3.63) is 0 Å². The number of rotatable bonds is 5. The summed E-state index contributed by atoms with van der Waals surface area (Å²) < 4.78 is 5.42. The zero-order valence-corrected chi connectivity index (χ0v) is 13.1. The van der Waals surface area contributed by atoms with Gasteiger partial charge in [-0.1, -0.05) is 20.8 Å². The van der Waals surface area contributed by atoms with Crippen molar-refractivity contribution in [2.24, 2.45) is 5.41 Å². The van der Waals surface area contributed by atoms with Gasteiger partial charge in [0.2, 0.25) is 11.8 Å². The van der Waals surface area contributed by atoms with Gasteiger partial charge in [0.25, 0.3) is 0 Å². The molecule has 1 saturated heterocycles. The highest BCUT2D eigenvalue weighted by molar-refractivity contribution is 6.05. The Balaban J connectivity index is 1.99. The van der Waals surface area contributed by atoms with Crippen molar-refractivity contribution in [2.45, 2.75) is 71.2 Å². The monoisotopic (exact) mass is 282 g/mol. The van der Waals surface area contributed by atoms with E-state index in [9.17, 15) is 9.59 Å². The third kappa shape index (κ3) is 2.37. The quantitative estimate of drug-likeness (QED) is 0.773. The standard InChI is InChI=1S/C15H26N2O3/c1-6-9(2)17-13(18)7-10(14(17)19)16-11-8-12(20-5)15(11,3)4/h9-12,16H,6-8H2,1-5H3. The van der Waals surface area contributed by atoms with Crippen LogP contribution in [0.4, 0.5) is 0 Å². The van der Waals surface area contributed by atoms with Gasteiger partial charge in [-0.2, -0.15) is 0 Å². The van der Waals surface area contributed by atoms with Crippen molar-refractivity contribution in [1.29, 1.82) is 0 Å². The van der Waals surface area contributed by atoms with Crippen molar-refractivity contribution in [3.8, 4) is 0 Å². The highest BCUT2D eigenvalue weighted by Gasteiger charge is 2.51. The second-order valence-corrected chi connectivity index (χ2v) is 6.62. The van der Waals surface area contributed by atoms with Crippen LogP contribution in [0.2, 0.25) is 0 Å². The topological polar surface area (TPSA) is 58.6 Å². The number of likely N-dealkylation sites (tertiary alicyclic amines) is 1. The molecule has 0 bridgehead atoms. The number of hydrogen-bond acceptors (Lipinski definition) is 4. The molecule has 0 aromatic rings. The molecule has 0 radical (unpaired) electrons. The lowest BCUT2D eigenvalue weighted by Gasteiger charge is -2.52. The molecule has 1 aliphatic carbocycles. The number of carbonyl (C=O) groups excluding carboxylic acids is 2. The Kier molecular flexibility index (Phi) is 4.21. The molecule has 0 spiro atoms. The van der Waals surface area contributed by atoms with E-state index in [1.54, 1.807) is 7.11 Å². The van der Waals surface area contributed by atoms with Crippen molar-refractivity contribution in [3.63, 3.8) is 0 Å². The fourth-order valence-corrected chi connectivity index (χ4v) is 3.24. The van der Waals surface area contributed by atoms with Crippen LogP contribution >= 0.6 is 0 Å². The van der Waals surface area contributed by atoms with Crippen LogP contribution in [0.5, 0.6) is 0 Å². The van der Waals surface area contributed by atoms with E-state index >= 15 is 0 Å². The first-order chi connectivity index (χ1) is 9.32. The molecule has 20 heavy (non-hydrogen) atoms. The van der Waals surface area contributed by atoms with Crippen molar-refractivity contribution in [1.82, 2.24) is 10.2 Å². The van der Waals surface area contributed by atoms with Gasteiger partial charge in [-0.05, 0) is 19.8 Å². The molecule has 4 unspecified atom stereocenters. The maximum Gasteiger partial charge on any atom is 0.247 e. The van der Waals surface area contributed by atoms with E-state index in [1.807, 2.05) is 13.8 Å². The summed E-state index contributed by atoms with van der Waals surface area (Å²) in [5.74, 6) is -0.122. The number of methoxy groups -OCH3 is 1. The van der Waals surface area contributed by atoms with E-state index in [-0.39, 0.29) is 47.9 Å². The van der Waals surface area contributed by atoms with Gasteiger partial charge in [-0.25, -0.2) is 0 Å².